The molecule has 0 spiro atoms. The Balaban J connectivity index is 1.75. The van der Waals surface area contributed by atoms with Crippen molar-refractivity contribution < 1.29 is 9.47 Å². The fourth-order valence-corrected chi connectivity index (χ4v) is 3.97. The predicted octanol–water partition coefficient (Wildman–Crippen LogP) is 4.50. The molecule has 136 valence electrons. The van der Waals surface area contributed by atoms with Gasteiger partial charge in [0.05, 0.1) is 23.0 Å². The third kappa shape index (κ3) is 3.60. The summed E-state index contributed by atoms with van der Waals surface area (Å²) in [5, 5.41) is 11.1. The van der Waals surface area contributed by atoms with Crippen molar-refractivity contribution in [3.63, 3.8) is 0 Å². The lowest BCUT2D eigenvalue weighted by Gasteiger charge is -2.18. The van der Waals surface area contributed by atoms with Gasteiger partial charge in [0.15, 0.2) is 16.3 Å². The maximum atomic E-state index is 9.00. The maximum absolute atomic E-state index is 9.00. The van der Waals surface area contributed by atoms with Gasteiger partial charge in [0, 0.05) is 18.0 Å². The zero-order valence-corrected chi connectivity index (χ0v) is 15.8. The molecular weight excluding hydrogens is 358 g/mol. The number of thiazole rings is 1. The van der Waals surface area contributed by atoms with Crippen LogP contribution in [-0.2, 0) is 6.54 Å². The predicted molar refractivity (Wildman–Crippen MR) is 105 cm³/mol. The molecule has 2 heterocycles. The smallest absolute Gasteiger partial charge is 0.190 e. The molecule has 2 aromatic carbocycles. The van der Waals surface area contributed by atoms with Gasteiger partial charge < -0.3 is 14.0 Å². The number of nitriles is 1. The van der Waals surface area contributed by atoms with E-state index in [-0.39, 0.29) is 0 Å². The molecule has 0 radical (unpaired) electrons. The topological polar surface area (TPSA) is 59.5 Å². The van der Waals surface area contributed by atoms with Gasteiger partial charge in [-0.1, -0.05) is 19.1 Å². The molecule has 0 saturated carbocycles. The van der Waals surface area contributed by atoms with Crippen molar-refractivity contribution in [2.24, 2.45) is 4.99 Å². The number of ether oxygens (including phenoxy) is 2. The summed E-state index contributed by atoms with van der Waals surface area (Å²) in [5.74, 6) is 1.51. The molecule has 0 fully saturated rings. The van der Waals surface area contributed by atoms with Crippen molar-refractivity contribution >= 4 is 17.0 Å². The zero-order valence-electron chi connectivity index (χ0n) is 15.0. The van der Waals surface area contributed by atoms with Gasteiger partial charge in [-0.3, -0.25) is 0 Å². The van der Waals surface area contributed by atoms with Crippen molar-refractivity contribution in [3.8, 4) is 28.8 Å². The Morgan fingerprint density at radius 3 is 2.63 bits per heavy atom. The Morgan fingerprint density at radius 1 is 1.11 bits per heavy atom. The Hall–Kier alpha value is -3.04. The lowest BCUT2D eigenvalue weighted by atomic mass is 10.1. The van der Waals surface area contributed by atoms with Gasteiger partial charge >= 0.3 is 0 Å². The molecule has 0 unspecified atom stereocenters. The second-order valence-electron chi connectivity index (χ2n) is 6.18. The summed E-state index contributed by atoms with van der Waals surface area (Å²) in [5.41, 5.74) is 3.71. The van der Waals surface area contributed by atoms with E-state index in [4.69, 9.17) is 19.7 Å². The molecule has 0 N–H and O–H groups in total. The fourth-order valence-electron chi connectivity index (χ4n) is 3.02. The van der Waals surface area contributed by atoms with Crippen LogP contribution >= 0.6 is 11.3 Å². The monoisotopic (exact) mass is 377 g/mol. The molecule has 0 aliphatic carbocycles. The van der Waals surface area contributed by atoms with Crippen LogP contribution < -0.4 is 14.3 Å². The lowest BCUT2D eigenvalue weighted by molar-refractivity contribution is 0.171. The van der Waals surface area contributed by atoms with E-state index in [1.54, 1.807) is 11.3 Å². The van der Waals surface area contributed by atoms with Crippen LogP contribution in [-0.4, -0.2) is 17.8 Å². The van der Waals surface area contributed by atoms with Gasteiger partial charge in [0.2, 0.25) is 0 Å². The van der Waals surface area contributed by atoms with Gasteiger partial charge in [-0.2, -0.15) is 5.26 Å². The summed E-state index contributed by atoms with van der Waals surface area (Å²) in [6.07, 6.45) is 1.01. The SMILES string of the molecule is CCCn1c(-c2ccc(C#N)cc2)csc1=Nc1ccc2c(c1)OCCO2. The summed E-state index contributed by atoms with van der Waals surface area (Å²) in [6, 6.07) is 15.6. The van der Waals surface area contributed by atoms with E-state index < -0.39 is 0 Å². The molecule has 0 bridgehead atoms. The molecule has 0 atom stereocenters. The molecule has 6 heteroatoms. The first-order chi connectivity index (χ1) is 13.3. The van der Waals surface area contributed by atoms with E-state index in [0.29, 0.717) is 18.8 Å². The molecule has 27 heavy (non-hydrogen) atoms. The highest BCUT2D eigenvalue weighted by molar-refractivity contribution is 7.07. The second-order valence-corrected chi connectivity index (χ2v) is 7.02. The number of hydrogen-bond donors (Lipinski definition) is 0. The highest BCUT2D eigenvalue weighted by Gasteiger charge is 2.12. The van der Waals surface area contributed by atoms with Gasteiger partial charge in [0.25, 0.3) is 0 Å². The Bertz CT molecular complexity index is 1060. The Kier molecular flexibility index (Phi) is 4.95. The van der Waals surface area contributed by atoms with Crippen molar-refractivity contribution in [1.29, 1.82) is 5.26 Å². The molecule has 3 aromatic rings. The van der Waals surface area contributed by atoms with Crippen molar-refractivity contribution in [1.82, 2.24) is 4.57 Å². The van der Waals surface area contributed by atoms with Gasteiger partial charge in [-0.25, -0.2) is 4.99 Å². The molecule has 0 saturated heterocycles. The molecule has 1 aromatic heterocycles. The quantitative estimate of drug-likeness (QED) is 0.672. The van der Waals surface area contributed by atoms with Gasteiger partial charge in [0.1, 0.15) is 13.2 Å². The summed E-state index contributed by atoms with van der Waals surface area (Å²) in [4.78, 5) is 5.78. The van der Waals surface area contributed by atoms with E-state index in [1.807, 2.05) is 42.5 Å². The third-order valence-electron chi connectivity index (χ3n) is 4.31. The van der Waals surface area contributed by atoms with Crippen LogP contribution in [0.5, 0.6) is 11.5 Å². The normalized spacial score (nSPS) is 13.4. The highest BCUT2D eigenvalue weighted by Crippen LogP contribution is 2.33. The van der Waals surface area contributed by atoms with Gasteiger partial charge in [-0.05, 0) is 36.2 Å². The summed E-state index contributed by atoms with van der Waals surface area (Å²) >= 11 is 1.61. The number of rotatable bonds is 4. The average molecular weight is 377 g/mol. The van der Waals surface area contributed by atoms with E-state index in [1.165, 1.54) is 0 Å². The van der Waals surface area contributed by atoms with Crippen molar-refractivity contribution in [3.05, 3.63) is 58.2 Å². The molecule has 1 aliphatic rings. The molecule has 4 rings (SSSR count). The largest absolute Gasteiger partial charge is 0.486 e. The van der Waals surface area contributed by atoms with Crippen LogP contribution in [0.4, 0.5) is 5.69 Å². The number of nitrogens with zero attached hydrogens (tertiary/aromatic N) is 3. The summed E-state index contributed by atoms with van der Waals surface area (Å²) < 4.78 is 13.5. The molecule has 5 nitrogen and oxygen atoms in total. The zero-order chi connectivity index (χ0) is 18.6. The van der Waals surface area contributed by atoms with Crippen LogP contribution in [0.15, 0.2) is 52.8 Å². The number of benzene rings is 2. The lowest BCUT2D eigenvalue weighted by Crippen LogP contribution is -2.16. The van der Waals surface area contributed by atoms with Crippen LogP contribution in [0.2, 0.25) is 0 Å². The third-order valence-corrected chi connectivity index (χ3v) is 5.17. The summed E-state index contributed by atoms with van der Waals surface area (Å²) in [6.45, 7) is 4.18. The fraction of sp³-hybridized carbons (Fsp3) is 0.238. The van der Waals surface area contributed by atoms with Crippen LogP contribution in [0, 0.1) is 11.3 Å². The average Bonchev–Trinajstić information content (AvgIpc) is 3.10. The summed E-state index contributed by atoms with van der Waals surface area (Å²) in [7, 11) is 0. The minimum absolute atomic E-state index is 0.564. The van der Waals surface area contributed by atoms with Gasteiger partial charge in [-0.15, -0.1) is 11.3 Å². The highest BCUT2D eigenvalue weighted by atomic mass is 32.1. The molecule has 1 aliphatic heterocycles. The van der Waals surface area contributed by atoms with Crippen LogP contribution in [0.1, 0.15) is 18.9 Å². The minimum atomic E-state index is 0.564. The first-order valence-corrected chi connectivity index (χ1v) is 9.79. The van der Waals surface area contributed by atoms with Crippen LogP contribution in [0.3, 0.4) is 0 Å². The number of hydrogen-bond acceptors (Lipinski definition) is 5. The van der Waals surface area contributed by atoms with E-state index >= 15 is 0 Å². The molecule has 0 amide bonds. The second kappa shape index (κ2) is 7.68. The van der Waals surface area contributed by atoms with E-state index in [0.717, 1.165) is 46.2 Å². The van der Waals surface area contributed by atoms with Crippen molar-refractivity contribution in [2.45, 2.75) is 19.9 Å². The Labute approximate surface area is 161 Å². The number of aromatic nitrogens is 1. The molecular formula is C21H19N3O2S. The van der Waals surface area contributed by atoms with Crippen LogP contribution in [0.25, 0.3) is 11.3 Å². The van der Waals surface area contributed by atoms with Crippen molar-refractivity contribution in [2.75, 3.05) is 13.2 Å². The van der Waals surface area contributed by atoms with E-state index in [2.05, 4.69) is 22.9 Å². The first kappa shape index (κ1) is 17.4. The standard InChI is InChI=1S/C21H19N3O2S/c1-2-9-24-18(16-5-3-15(13-22)4-6-16)14-27-21(24)23-17-7-8-19-20(12-17)26-11-10-25-19/h3-8,12,14H,2,9-11H2,1H3. The first-order valence-electron chi connectivity index (χ1n) is 8.91. The van der Waals surface area contributed by atoms with E-state index in [9.17, 15) is 0 Å². The maximum Gasteiger partial charge on any atom is 0.190 e. The number of fused-ring (bicyclic) bond motifs is 1. The Morgan fingerprint density at radius 2 is 1.89 bits per heavy atom. The minimum Gasteiger partial charge on any atom is -0.486 e.